The van der Waals surface area contributed by atoms with E-state index in [1.165, 1.54) is 0 Å². The van der Waals surface area contributed by atoms with Crippen molar-refractivity contribution in [2.75, 3.05) is 13.1 Å². The molecule has 188 valence electrons. The standard InChI is InChI=1S/C26H33N3O6/c1-26(2,3)35-25(34)28-14-13-16(15-28)7-4-5-8-17-9-6-10-18-21(17)24(33)29(23(18)32)19-11-12-20(30)27-22(19)31/h6,9-10,16,19H,4-5,7-8,11-15H2,1-3H3,(H,27,30,31). The molecular formula is C26H33N3O6. The SMILES string of the molecule is CC(C)(C)OC(=O)N1CCC(CCCCc2cccc3c2C(=O)N(C2CCC(=O)NC2=O)C3=O)C1. The van der Waals surface area contributed by atoms with E-state index in [-0.39, 0.29) is 24.8 Å². The third-order valence-corrected chi connectivity index (χ3v) is 6.80. The molecule has 2 atom stereocenters. The molecule has 35 heavy (non-hydrogen) atoms. The van der Waals surface area contributed by atoms with Crippen molar-refractivity contribution < 1.29 is 28.7 Å². The number of nitrogens with one attached hydrogen (secondary N) is 1. The van der Waals surface area contributed by atoms with E-state index >= 15 is 0 Å². The number of unbranched alkanes of at least 4 members (excludes halogenated alkanes) is 1. The first kappa shape index (κ1) is 24.9. The topological polar surface area (TPSA) is 113 Å². The summed E-state index contributed by atoms with van der Waals surface area (Å²) in [6.45, 7) is 6.99. The average Bonchev–Trinajstić information content (AvgIpc) is 3.35. The van der Waals surface area contributed by atoms with Gasteiger partial charge in [-0.25, -0.2) is 4.79 Å². The third kappa shape index (κ3) is 5.39. The second kappa shape index (κ2) is 9.79. The summed E-state index contributed by atoms with van der Waals surface area (Å²) in [5.74, 6) is -1.50. The highest BCUT2D eigenvalue weighted by Gasteiger charge is 2.45. The number of fused-ring (bicyclic) bond motifs is 1. The van der Waals surface area contributed by atoms with Crippen molar-refractivity contribution in [2.45, 2.75) is 77.4 Å². The molecule has 5 amide bonds. The van der Waals surface area contributed by atoms with Crippen molar-refractivity contribution in [1.82, 2.24) is 15.1 Å². The number of carbonyl (C=O) groups excluding carboxylic acids is 5. The monoisotopic (exact) mass is 483 g/mol. The summed E-state index contributed by atoms with van der Waals surface area (Å²) < 4.78 is 5.46. The number of benzene rings is 1. The Morgan fingerprint density at radius 3 is 2.57 bits per heavy atom. The molecule has 4 rings (SSSR count). The van der Waals surface area contributed by atoms with Crippen LogP contribution in [0.3, 0.4) is 0 Å². The maximum Gasteiger partial charge on any atom is 0.410 e. The lowest BCUT2D eigenvalue weighted by Gasteiger charge is -2.27. The Morgan fingerprint density at radius 2 is 1.86 bits per heavy atom. The lowest BCUT2D eigenvalue weighted by atomic mass is 9.95. The molecule has 2 saturated heterocycles. The van der Waals surface area contributed by atoms with E-state index in [1.807, 2.05) is 26.8 Å². The fourth-order valence-electron chi connectivity index (χ4n) is 5.10. The van der Waals surface area contributed by atoms with Gasteiger partial charge in [0, 0.05) is 19.5 Å². The van der Waals surface area contributed by atoms with Crippen LogP contribution in [0.2, 0.25) is 0 Å². The molecule has 3 heterocycles. The highest BCUT2D eigenvalue weighted by molar-refractivity contribution is 6.24. The summed E-state index contributed by atoms with van der Waals surface area (Å²) in [7, 11) is 0. The van der Waals surface area contributed by atoms with Gasteiger partial charge >= 0.3 is 6.09 Å². The molecule has 0 aromatic heterocycles. The van der Waals surface area contributed by atoms with E-state index in [9.17, 15) is 24.0 Å². The normalized spacial score (nSPS) is 22.5. The van der Waals surface area contributed by atoms with Gasteiger partial charge in [0.05, 0.1) is 11.1 Å². The molecule has 3 aliphatic heterocycles. The van der Waals surface area contributed by atoms with Gasteiger partial charge in [0.25, 0.3) is 11.8 Å². The molecule has 1 N–H and O–H groups in total. The molecule has 2 unspecified atom stereocenters. The summed E-state index contributed by atoms with van der Waals surface area (Å²) in [6, 6.07) is 4.29. The first-order valence-corrected chi connectivity index (χ1v) is 12.4. The second-order valence-corrected chi connectivity index (χ2v) is 10.6. The van der Waals surface area contributed by atoms with Crippen molar-refractivity contribution in [1.29, 1.82) is 0 Å². The summed E-state index contributed by atoms with van der Waals surface area (Å²) in [5.41, 5.74) is 0.996. The van der Waals surface area contributed by atoms with Crippen LogP contribution >= 0.6 is 0 Å². The zero-order valence-corrected chi connectivity index (χ0v) is 20.6. The minimum absolute atomic E-state index is 0.100. The lowest BCUT2D eigenvalue weighted by Crippen LogP contribution is -2.54. The smallest absolute Gasteiger partial charge is 0.410 e. The molecule has 1 aromatic carbocycles. The fraction of sp³-hybridized carbons (Fsp3) is 0.577. The van der Waals surface area contributed by atoms with Crippen LogP contribution in [0.25, 0.3) is 0 Å². The van der Waals surface area contributed by atoms with Crippen molar-refractivity contribution in [2.24, 2.45) is 5.92 Å². The maximum absolute atomic E-state index is 13.2. The van der Waals surface area contributed by atoms with Crippen molar-refractivity contribution in [3.63, 3.8) is 0 Å². The van der Waals surface area contributed by atoms with Gasteiger partial charge in [0.15, 0.2) is 0 Å². The number of aryl methyl sites for hydroxylation is 1. The first-order valence-electron chi connectivity index (χ1n) is 12.4. The van der Waals surface area contributed by atoms with Crippen molar-refractivity contribution in [3.8, 4) is 0 Å². The van der Waals surface area contributed by atoms with E-state index in [0.29, 0.717) is 36.6 Å². The molecule has 3 aliphatic rings. The highest BCUT2D eigenvalue weighted by Crippen LogP contribution is 2.31. The number of rotatable bonds is 6. The van der Waals surface area contributed by atoms with E-state index in [1.54, 1.807) is 17.0 Å². The highest BCUT2D eigenvalue weighted by atomic mass is 16.6. The summed E-state index contributed by atoms with van der Waals surface area (Å²) >= 11 is 0. The molecule has 1 aromatic rings. The summed E-state index contributed by atoms with van der Waals surface area (Å²) in [4.78, 5) is 64.9. The number of nitrogens with zero attached hydrogens (tertiary/aromatic N) is 2. The number of likely N-dealkylation sites (tertiary alicyclic amines) is 1. The van der Waals surface area contributed by atoms with Gasteiger partial charge in [-0.1, -0.05) is 18.6 Å². The van der Waals surface area contributed by atoms with Gasteiger partial charge in [0.1, 0.15) is 11.6 Å². The lowest BCUT2D eigenvalue weighted by molar-refractivity contribution is -0.136. The number of carbonyl (C=O) groups is 5. The van der Waals surface area contributed by atoms with E-state index in [0.717, 1.165) is 36.1 Å². The number of hydrogen-bond donors (Lipinski definition) is 1. The zero-order chi connectivity index (χ0) is 25.3. The molecule has 9 heteroatoms. The van der Waals surface area contributed by atoms with Gasteiger partial charge in [-0.05, 0) is 70.4 Å². The van der Waals surface area contributed by atoms with Crippen LogP contribution in [0.15, 0.2) is 18.2 Å². The Balaban J connectivity index is 1.32. The minimum atomic E-state index is -0.955. The molecule has 0 bridgehead atoms. The van der Waals surface area contributed by atoms with Crippen LogP contribution in [0.5, 0.6) is 0 Å². The molecular weight excluding hydrogens is 450 g/mol. The minimum Gasteiger partial charge on any atom is -0.444 e. The van der Waals surface area contributed by atoms with Crippen LogP contribution in [0, 0.1) is 5.92 Å². The molecule has 0 radical (unpaired) electrons. The predicted molar refractivity (Wildman–Crippen MR) is 127 cm³/mol. The number of amides is 5. The Labute approximate surface area is 205 Å². The molecule has 0 aliphatic carbocycles. The zero-order valence-electron chi connectivity index (χ0n) is 20.6. The molecule has 0 saturated carbocycles. The number of imide groups is 2. The summed E-state index contributed by atoms with van der Waals surface area (Å²) in [5, 5.41) is 2.22. The van der Waals surface area contributed by atoms with Gasteiger partial charge in [0.2, 0.25) is 11.8 Å². The van der Waals surface area contributed by atoms with Crippen molar-refractivity contribution in [3.05, 3.63) is 34.9 Å². The Bertz CT molecular complexity index is 1060. The quantitative estimate of drug-likeness (QED) is 0.492. The third-order valence-electron chi connectivity index (χ3n) is 6.80. The Hall–Kier alpha value is -3.23. The van der Waals surface area contributed by atoms with E-state index in [2.05, 4.69) is 5.32 Å². The van der Waals surface area contributed by atoms with E-state index in [4.69, 9.17) is 4.74 Å². The number of hydrogen-bond acceptors (Lipinski definition) is 6. The van der Waals surface area contributed by atoms with Gasteiger partial charge in [-0.15, -0.1) is 0 Å². The van der Waals surface area contributed by atoms with Gasteiger partial charge in [-0.2, -0.15) is 0 Å². The number of ether oxygens (including phenoxy) is 1. The van der Waals surface area contributed by atoms with Crippen LogP contribution in [-0.4, -0.2) is 64.3 Å². The van der Waals surface area contributed by atoms with Gasteiger partial charge in [-0.3, -0.25) is 29.4 Å². The van der Waals surface area contributed by atoms with Crippen molar-refractivity contribution >= 4 is 29.7 Å². The number of piperidine rings is 1. The van der Waals surface area contributed by atoms with E-state index < -0.39 is 29.4 Å². The largest absolute Gasteiger partial charge is 0.444 e. The maximum atomic E-state index is 13.2. The first-order chi connectivity index (χ1) is 16.5. The van der Waals surface area contributed by atoms with Crippen LogP contribution in [0.4, 0.5) is 4.79 Å². The Morgan fingerprint density at radius 1 is 1.09 bits per heavy atom. The van der Waals surface area contributed by atoms with Crippen LogP contribution in [0.1, 0.15) is 85.6 Å². The fourth-order valence-corrected chi connectivity index (χ4v) is 5.10. The average molecular weight is 484 g/mol. The molecule has 2 fully saturated rings. The summed E-state index contributed by atoms with van der Waals surface area (Å²) in [6.07, 6.45) is 4.35. The molecule has 9 nitrogen and oxygen atoms in total. The second-order valence-electron chi connectivity index (χ2n) is 10.6. The molecule has 0 spiro atoms. The predicted octanol–water partition coefficient (Wildman–Crippen LogP) is 3.06. The van der Waals surface area contributed by atoms with Crippen LogP contribution < -0.4 is 5.32 Å². The van der Waals surface area contributed by atoms with Gasteiger partial charge < -0.3 is 9.64 Å². The van der Waals surface area contributed by atoms with Crippen LogP contribution in [-0.2, 0) is 20.7 Å². The Kier molecular flexibility index (Phi) is 6.96.